The van der Waals surface area contributed by atoms with Gasteiger partial charge >= 0.3 is 0 Å². The van der Waals surface area contributed by atoms with Gasteiger partial charge in [-0.3, -0.25) is 4.79 Å². The molecule has 1 aliphatic carbocycles. The Bertz CT molecular complexity index is 377. The Hall–Kier alpha value is -0.870. The van der Waals surface area contributed by atoms with E-state index in [2.05, 4.69) is 23.7 Å². The smallest absolute Gasteiger partial charge is 0.223 e. The lowest BCUT2D eigenvalue weighted by atomic mass is 9.95. The van der Waals surface area contributed by atoms with E-state index in [9.17, 15) is 4.79 Å². The van der Waals surface area contributed by atoms with Gasteiger partial charge in [-0.05, 0) is 43.2 Å². The number of rotatable bonds is 5. The molecule has 0 bridgehead atoms. The Kier molecular flexibility index (Phi) is 4.78. The molecular weight excluding hydrogens is 244 g/mol. The summed E-state index contributed by atoms with van der Waals surface area (Å²) in [5, 5.41) is 5.25. The van der Waals surface area contributed by atoms with E-state index in [1.165, 1.54) is 4.88 Å². The molecule has 1 fully saturated rings. The van der Waals surface area contributed by atoms with Crippen molar-refractivity contribution in [3.8, 4) is 0 Å². The zero-order valence-corrected chi connectivity index (χ0v) is 11.7. The molecule has 0 radical (unpaired) electrons. The quantitative estimate of drug-likeness (QED) is 0.861. The van der Waals surface area contributed by atoms with Crippen molar-refractivity contribution >= 4 is 17.2 Å². The first-order chi connectivity index (χ1) is 8.76. The van der Waals surface area contributed by atoms with E-state index >= 15 is 0 Å². The number of nitrogens with one attached hydrogen (secondary N) is 1. The van der Waals surface area contributed by atoms with Gasteiger partial charge in [-0.2, -0.15) is 0 Å². The van der Waals surface area contributed by atoms with Gasteiger partial charge in [0, 0.05) is 10.8 Å². The van der Waals surface area contributed by atoms with Gasteiger partial charge in [0.15, 0.2) is 0 Å². The standard InChI is InChI=1S/C14H22N2OS/c1-2-12(13-7-4-8-18-13)16-14(17)11-6-3-5-10(11)9-15/h4,7-8,10-12H,2-3,5-6,9,15H2,1H3,(H,16,17)/t10-,11-,12?/m1/s1. The van der Waals surface area contributed by atoms with Gasteiger partial charge in [-0.15, -0.1) is 11.3 Å². The van der Waals surface area contributed by atoms with Crippen molar-refractivity contribution in [1.29, 1.82) is 0 Å². The highest BCUT2D eigenvalue weighted by Gasteiger charge is 2.32. The van der Waals surface area contributed by atoms with Crippen LogP contribution in [0.3, 0.4) is 0 Å². The number of nitrogens with two attached hydrogens (primary N) is 1. The number of carbonyl (C=O) groups excluding carboxylic acids is 1. The Labute approximate surface area is 113 Å². The van der Waals surface area contributed by atoms with Crippen LogP contribution in [0.25, 0.3) is 0 Å². The van der Waals surface area contributed by atoms with Crippen molar-refractivity contribution < 1.29 is 4.79 Å². The molecule has 0 aliphatic heterocycles. The van der Waals surface area contributed by atoms with E-state index in [1.54, 1.807) is 11.3 Å². The van der Waals surface area contributed by atoms with Crippen molar-refractivity contribution in [2.45, 2.75) is 38.6 Å². The second kappa shape index (κ2) is 6.34. The van der Waals surface area contributed by atoms with Crippen LogP contribution in [-0.2, 0) is 4.79 Å². The van der Waals surface area contributed by atoms with Gasteiger partial charge in [-0.25, -0.2) is 0 Å². The SMILES string of the molecule is CCC(NC(=O)[C@@H]1CCC[C@@H]1CN)c1cccs1. The number of thiophene rings is 1. The van der Waals surface area contributed by atoms with E-state index in [4.69, 9.17) is 5.73 Å². The third kappa shape index (κ3) is 2.93. The van der Waals surface area contributed by atoms with Crippen LogP contribution in [0, 0.1) is 11.8 Å². The molecule has 3 atom stereocenters. The highest BCUT2D eigenvalue weighted by Crippen LogP contribution is 2.32. The molecule has 1 unspecified atom stereocenters. The molecule has 18 heavy (non-hydrogen) atoms. The molecule has 1 aliphatic rings. The van der Waals surface area contributed by atoms with E-state index in [-0.39, 0.29) is 17.9 Å². The molecule has 4 heteroatoms. The first kappa shape index (κ1) is 13.6. The summed E-state index contributed by atoms with van der Waals surface area (Å²) in [6.45, 7) is 2.74. The van der Waals surface area contributed by atoms with Crippen LogP contribution in [0.4, 0.5) is 0 Å². The summed E-state index contributed by atoms with van der Waals surface area (Å²) in [5.41, 5.74) is 5.74. The van der Waals surface area contributed by atoms with Gasteiger partial charge in [0.25, 0.3) is 0 Å². The lowest BCUT2D eigenvalue weighted by Gasteiger charge is -2.21. The topological polar surface area (TPSA) is 55.1 Å². The highest BCUT2D eigenvalue weighted by atomic mass is 32.1. The average molecular weight is 266 g/mol. The molecule has 1 aromatic heterocycles. The highest BCUT2D eigenvalue weighted by molar-refractivity contribution is 7.10. The van der Waals surface area contributed by atoms with E-state index in [0.29, 0.717) is 12.5 Å². The monoisotopic (exact) mass is 266 g/mol. The number of carbonyl (C=O) groups is 1. The van der Waals surface area contributed by atoms with Crippen molar-refractivity contribution in [3.63, 3.8) is 0 Å². The summed E-state index contributed by atoms with van der Waals surface area (Å²) in [6, 6.07) is 4.29. The normalized spacial score (nSPS) is 25.0. The van der Waals surface area contributed by atoms with Gasteiger partial charge in [0.2, 0.25) is 5.91 Å². The summed E-state index contributed by atoms with van der Waals surface area (Å²) in [5.74, 6) is 0.707. The van der Waals surface area contributed by atoms with Crippen LogP contribution in [0.15, 0.2) is 17.5 Å². The van der Waals surface area contributed by atoms with E-state index in [1.807, 2.05) is 6.07 Å². The van der Waals surface area contributed by atoms with Crippen LogP contribution >= 0.6 is 11.3 Å². The van der Waals surface area contributed by atoms with Crippen molar-refractivity contribution in [3.05, 3.63) is 22.4 Å². The second-order valence-electron chi connectivity index (χ2n) is 5.02. The molecule has 1 saturated carbocycles. The molecular formula is C14H22N2OS. The molecule has 0 aromatic carbocycles. The molecule has 0 saturated heterocycles. The molecule has 0 spiro atoms. The summed E-state index contributed by atoms with van der Waals surface area (Å²) >= 11 is 1.71. The number of amides is 1. The molecule has 1 amide bonds. The Morgan fingerprint density at radius 3 is 3.06 bits per heavy atom. The summed E-state index contributed by atoms with van der Waals surface area (Å²) in [6.07, 6.45) is 4.17. The fourth-order valence-corrected chi connectivity index (χ4v) is 3.67. The van der Waals surface area contributed by atoms with Crippen LogP contribution < -0.4 is 11.1 Å². The summed E-state index contributed by atoms with van der Waals surface area (Å²) < 4.78 is 0. The molecule has 1 heterocycles. The minimum Gasteiger partial charge on any atom is -0.348 e. The van der Waals surface area contributed by atoms with Crippen molar-refractivity contribution in [2.75, 3.05) is 6.54 Å². The fraction of sp³-hybridized carbons (Fsp3) is 0.643. The second-order valence-corrected chi connectivity index (χ2v) is 6.00. The first-order valence-electron chi connectivity index (χ1n) is 6.80. The number of hydrogen-bond donors (Lipinski definition) is 2. The molecule has 100 valence electrons. The van der Waals surface area contributed by atoms with Gasteiger partial charge in [-0.1, -0.05) is 19.4 Å². The van der Waals surface area contributed by atoms with Crippen LogP contribution in [-0.4, -0.2) is 12.5 Å². The molecule has 1 aromatic rings. The van der Waals surface area contributed by atoms with E-state index < -0.39 is 0 Å². The third-order valence-electron chi connectivity index (χ3n) is 3.91. The Morgan fingerprint density at radius 2 is 2.44 bits per heavy atom. The molecule has 3 N–H and O–H groups in total. The summed E-state index contributed by atoms with van der Waals surface area (Å²) in [4.78, 5) is 13.6. The average Bonchev–Trinajstić information content (AvgIpc) is 3.05. The van der Waals surface area contributed by atoms with Crippen LogP contribution in [0.2, 0.25) is 0 Å². The minimum atomic E-state index is 0.129. The largest absolute Gasteiger partial charge is 0.348 e. The zero-order chi connectivity index (χ0) is 13.0. The summed E-state index contributed by atoms with van der Waals surface area (Å²) in [7, 11) is 0. The maximum absolute atomic E-state index is 12.3. The molecule has 2 rings (SSSR count). The maximum atomic E-state index is 12.3. The van der Waals surface area contributed by atoms with Crippen LogP contribution in [0.1, 0.15) is 43.5 Å². The Balaban J connectivity index is 1.97. The van der Waals surface area contributed by atoms with Gasteiger partial charge in [0.05, 0.1) is 6.04 Å². The predicted molar refractivity (Wildman–Crippen MR) is 75.4 cm³/mol. The van der Waals surface area contributed by atoms with Gasteiger partial charge < -0.3 is 11.1 Å². The number of hydrogen-bond acceptors (Lipinski definition) is 3. The lowest BCUT2D eigenvalue weighted by Crippen LogP contribution is -2.36. The van der Waals surface area contributed by atoms with Gasteiger partial charge in [0.1, 0.15) is 0 Å². The Morgan fingerprint density at radius 1 is 1.61 bits per heavy atom. The van der Waals surface area contributed by atoms with Crippen molar-refractivity contribution in [1.82, 2.24) is 5.32 Å². The van der Waals surface area contributed by atoms with E-state index in [0.717, 1.165) is 25.7 Å². The minimum absolute atomic E-state index is 0.129. The first-order valence-corrected chi connectivity index (χ1v) is 7.68. The van der Waals surface area contributed by atoms with Crippen LogP contribution in [0.5, 0.6) is 0 Å². The third-order valence-corrected chi connectivity index (χ3v) is 4.90. The molecule has 3 nitrogen and oxygen atoms in total. The zero-order valence-electron chi connectivity index (χ0n) is 10.9. The lowest BCUT2D eigenvalue weighted by molar-refractivity contribution is -0.126. The fourth-order valence-electron chi connectivity index (χ4n) is 2.81. The maximum Gasteiger partial charge on any atom is 0.223 e. The van der Waals surface area contributed by atoms with Crippen molar-refractivity contribution in [2.24, 2.45) is 17.6 Å². The predicted octanol–water partition coefficient (Wildman–Crippen LogP) is 2.69.